The van der Waals surface area contributed by atoms with Gasteiger partial charge in [-0.05, 0) is 7.05 Å². The minimum absolute atomic E-state index is 0.599. The Bertz CT molecular complexity index is 171. The Hall–Kier alpha value is -0.160. The highest BCUT2D eigenvalue weighted by molar-refractivity contribution is 4.78. The summed E-state index contributed by atoms with van der Waals surface area (Å²) in [5, 5.41) is 3.38. The second-order valence-electron chi connectivity index (χ2n) is 4.26. The van der Waals surface area contributed by atoms with E-state index in [9.17, 15) is 0 Å². The Morgan fingerprint density at radius 1 is 1.29 bits per heavy atom. The van der Waals surface area contributed by atoms with Crippen molar-refractivity contribution in [1.29, 1.82) is 0 Å². The molecule has 0 amide bonds. The molecule has 1 N–H and O–H groups in total. The smallest absolute Gasteiger partial charge is 0.0634 e. The van der Waals surface area contributed by atoms with E-state index in [1.54, 1.807) is 0 Å². The zero-order chi connectivity index (χ0) is 9.80. The van der Waals surface area contributed by atoms with Crippen molar-refractivity contribution >= 4 is 0 Å². The topological polar surface area (TPSA) is 27.7 Å². The molecule has 2 fully saturated rings. The fourth-order valence-corrected chi connectivity index (χ4v) is 2.12. The van der Waals surface area contributed by atoms with Gasteiger partial charge in [0.1, 0.15) is 0 Å². The van der Waals surface area contributed by atoms with Gasteiger partial charge in [-0.3, -0.25) is 9.80 Å². The third kappa shape index (κ3) is 2.67. The third-order valence-corrected chi connectivity index (χ3v) is 3.20. The van der Waals surface area contributed by atoms with Crippen molar-refractivity contribution in [1.82, 2.24) is 15.1 Å². The summed E-state index contributed by atoms with van der Waals surface area (Å²) >= 11 is 0. The first kappa shape index (κ1) is 10.4. The first-order valence-corrected chi connectivity index (χ1v) is 5.57. The molecule has 0 aromatic heterocycles. The van der Waals surface area contributed by atoms with E-state index in [-0.39, 0.29) is 0 Å². The molecule has 4 nitrogen and oxygen atoms in total. The molecule has 0 aromatic rings. The summed E-state index contributed by atoms with van der Waals surface area (Å²) in [7, 11) is 2.20. The van der Waals surface area contributed by atoms with Crippen LogP contribution in [0.1, 0.15) is 0 Å². The zero-order valence-corrected chi connectivity index (χ0v) is 9.04. The number of ether oxygens (including phenoxy) is 1. The highest BCUT2D eigenvalue weighted by atomic mass is 16.5. The van der Waals surface area contributed by atoms with Crippen molar-refractivity contribution in [2.24, 2.45) is 0 Å². The molecule has 1 unspecified atom stereocenters. The van der Waals surface area contributed by atoms with Gasteiger partial charge < -0.3 is 10.1 Å². The largest absolute Gasteiger partial charge is 0.378 e. The number of hydrogen-bond acceptors (Lipinski definition) is 4. The molecule has 0 radical (unpaired) electrons. The molecule has 2 saturated heterocycles. The van der Waals surface area contributed by atoms with Gasteiger partial charge in [0.25, 0.3) is 0 Å². The molecule has 82 valence electrons. The number of likely N-dealkylation sites (N-methyl/N-ethyl adjacent to an activating group) is 1. The van der Waals surface area contributed by atoms with Crippen LogP contribution in [-0.2, 0) is 4.74 Å². The molecule has 2 heterocycles. The Morgan fingerprint density at radius 2 is 2.07 bits per heavy atom. The zero-order valence-electron chi connectivity index (χ0n) is 9.04. The molecular formula is C10H21N3O. The van der Waals surface area contributed by atoms with E-state index in [0.717, 1.165) is 39.4 Å². The average molecular weight is 199 g/mol. The summed E-state index contributed by atoms with van der Waals surface area (Å²) in [6.45, 7) is 8.69. The minimum atomic E-state index is 0.599. The number of nitrogens with zero attached hydrogens (tertiary/aromatic N) is 2. The molecular weight excluding hydrogens is 178 g/mol. The van der Waals surface area contributed by atoms with Crippen molar-refractivity contribution in [2.75, 3.05) is 59.5 Å². The first-order valence-electron chi connectivity index (χ1n) is 5.57. The standard InChI is InChI=1S/C10H21N3O/c1-12-6-7-14-9-10(12)8-13-4-2-11-3-5-13/h10-11H,2-9H2,1H3. The average Bonchev–Trinajstić information content (AvgIpc) is 2.23. The van der Waals surface area contributed by atoms with E-state index in [0.29, 0.717) is 6.04 Å². The summed E-state index contributed by atoms with van der Waals surface area (Å²) in [5.74, 6) is 0. The van der Waals surface area contributed by atoms with Crippen LogP contribution in [0, 0.1) is 0 Å². The predicted octanol–water partition coefficient (Wildman–Crippen LogP) is -0.778. The second kappa shape index (κ2) is 5.07. The lowest BCUT2D eigenvalue weighted by molar-refractivity contribution is -0.00847. The summed E-state index contributed by atoms with van der Waals surface area (Å²) in [5.41, 5.74) is 0. The van der Waals surface area contributed by atoms with Crippen LogP contribution in [0.5, 0.6) is 0 Å². The maximum absolute atomic E-state index is 5.51. The quantitative estimate of drug-likeness (QED) is 0.631. The van der Waals surface area contributed by atoms with Gasteiger partial charge in [-0.2, -0.15) is 0 Å². The van der Waals surface area contributed by atoms with Crippen molar-refractivity contribution in [2.45, 2.75) is 6.04 Å². The maximum atomic E-state index is 5.51. The van der Waals surface area contributed by atoms with E-state index >= 15 is 0 Å². The minimum Gasteiger partial charge on any atom is -0.378 e. The molecule has 0 aliphatic carbocycles. The van der Waals surface area contributed by atoms with Gasteiger partial charge in [0.05, 0.1) is 13.2 Å². The summed E-state index contributed by atoms with van der Waals surface area (Å²) in [6, 6.07) is 0.599. The Kier molecular flexibility index (Phi) is 3.75. The molecule has 0 saturated carbocycles. The molecule has 1 atom stereocenters. The van der Waals surface area contributed by atoms with Crippen LogP contribution in [0.25, 0.3) is 0 Å². The van der Waals surface area contributed by atoms with Crippen LogP contribution >= 0.6 is 0 Å². The second-order valence-corrected chi connectivity index (χ2v) is 4.26. The van der Waals surface area contributed by atoms with Gasteiger partial charge in [-0.25, -0.2) is 0 Å². The van der Waals surface area contributed by atoms with Gasteiger partial charge in [-0.1, -0.05) is 0 Å². The first-order chi connectivity index (χ1) is 6.86. The van der Waals surface area contributed by atoms with Crippen LogP contribution in [0.3, 0.4) is 0 Å². The number of morpholine rings is 1. The number of hydrogen-bond donors (Lipinski definition) is 1. The van der Waals surface area contributed by atoms with Crippen LogP contribution in [-0.4, -0.2) is 75.4 Å². The van der Waals surface area contributed by atoms with Crippen LogP contribution in [0.2, 0.25) is 0 Å². The van der Waals surface area contributed by atoms with Crippen molar-refractivity contribution in [3.05, 3.63) is 0 Å². The van der Waals surface area contributed by atoms with Crippen molar-refractivity contribution < 1.29 is 4.74 Å². The lowest BCUT2D eigenvalue weighted by Gasteiger charge is -2.37. The van der Waals surface area contributed by atoms with Gasteiger partial charge >= 0.3 is 0 Å². The van der Waals surface area contributed by atoms with Crippen LogP contribution in [0.15, 0.2) is 0 Å². The predicted molar refractivity (Wildman–Crippen MR) is 56.5 cm³/mol. The fraction of sp³-hybridized carbons (Fsp3) is 1.00. The summed E-state index contributed by atoms with van der Waals surface area (Å²) in [6.07, 6.45) is 0. The van der Waals surface area contributed by atoms with Gasteiger partial charge in [0.15, 0.2) is 0 Å². The normalized spacial score (nSPS) is 31.9. The molecule has 2 aliphatic heterocycles. The highest BCUT2D eigenvalue weighted by Gasteiger charge is 2.22. The van der Waals surface area contributed by atoms with E-state index in [1.165, 1.54) is 13.1 Å². The Balaban J connectivity index is 1.76. The van der Waals surface area contributed by atoms with Crippen molar-refractivity contribution in [3.8, 4) is 0 Å². The summed E-state index contributed by atoms with van der Waals surface area (Å²) < 4.78 is 5.51. The number of rotatable bonds is 2. The molecule has 2 rings (SSSR count). The maximum Gasteiger partial charge on any atom is 0.0634 e. The van der Waals surface area contributed by atoms with E-state index < -0.39 is 0 Å². The molecule has 0 spiro atoms. The third-order valence-electron chi connectivity index (χ3n) is 3.20. The SMILES string of the molecule is CN1CCOCC1CN1CCNCC1. The molecule has 14 heavy (non-hydrogen) atoms. The van der Waals surface area contributed by atoms with E-state index in [2.05, 4.69) is 22.2 Å². The highest BCUT2D eigenvalue weighted by Crippen LogP contribution is 2.06. The number of piperazine rings is 1. The number of nitrogens with one attached hydrogen (secondary N) is 1. The molecule has 4 heteroatoms. The molecule has 0 aromatic carbocycles. The Labute approximate surface area is 86.2 Å². The van der Waals surface area contributed by atoms with E-state index in [4.69, 9.17) is 4.74 Å². The lowest BCUT2D eigenvalue weighted by Crippen LogP contribution is -2.53. The monoisotopic (exact) mass is 199 g/mol. The Morgan fingerprint density at radius 3 is 2.79 bits per heavy atom. The van der Waals surface area contributed by atoms with E-state index in [1.807, 2.05) is 0 Å². The van der Waals surface area contributed by atoms with Gasteiger partial charge in [-0.15, -0.1) is 0 Å². The molecule has 2 aliphatic rings. The van der Waals surface area contributed by atoms with Crippen LogP contribution in [0.4, 0.5) is 0 Å². The fourth-order valence-electron chi connectivity index (χ4n) is 2.12. The summed E-state index contributed by atoms with van der Waals surface area (Å²) in [4.78, 5) is 4.96. The van der Waals surface area contributed by atoms with Gasteiger partial charge in [0.2, 0.25) is 0 Å². The van der Waals surface area contributed by atoms with Crippen molar-refractivity contribution in [3.63, 3.8) is 0 Å². The lowest BCUT2D eigenvalue weighted by atomic mass is 10.2. The van der Waals surface area contributed by atoms with Gasteiger partial charge in [0, 0.05) is 45.3 Å². The molecule has 0 bridgehead atoms. The van der Waals surface area contributed by atoms with Crippen LogP contribution < -0.4 is 5.32 Å².